The largest absolute Gasteiger partial charge is 0.380 e. The topological polar surface area (TPSA) is 80.0 Å². The first-order chi connectivity index (χ1) is 11.2. The summed E-state index contributed by atoms with van der Waals surface area (Å²) < 4.78 is 1.61. The lowest BCUT2D eigenvalue weighted by molar-refractivity contribution is -0.000439. The molecule has 1 aliphatic rings. The van der Waals surface area contributed by atoms with Gasteiger partial charge in [-0.3, -0.25) is 0 Å². The summed E-state index contributed by atoms with van der Waals surface area (Å²) in [5, 5.41) is 18.5. The SMILES string of the molecule is Cn1nncc1C1(O)CN(c2ncncc2-c2ccccc2)C1. The normalized spacial score (nSPS) is 16.2. The van der Waals surface area contributed by atoms with Crippen LogP contribution in [0.2, 0.25) is 0 Å². The van der Waals surface area contributed by atoms with Crippen molar-refractivity contribution in [2.45, 2.75) is 5.60 Å². The van der Waals surface area contributed by atoms with Gasteiger partial charge in [0.1, 0.15) is 17.7 Å². The first-order valence-corrected chi connectivity index (χ1v) is 7.35. The summed E-state index contributed by atoms with van der Waals surface area (Å²) in [5.74, 6) is 0.825. The number of benzene rings is 1. The van der Waals surface area contributed by atoms with Crippen LogP contribution >= 0.6 is 0 Å². The number of aryl methyl sites for hydroxylation is 1. The molecule has 3 heterocycles. The molecule has 0 unspecified atom stereocenters. The van der Waals surface area contributed by atoms with E-state index in [1.807, 2.05) is 35.2 Å². The summed E-state index contributed by atoms with van der Waals surface area (Å²) in [5.41, 5.74) is 1.78. The van der Waals surface area contributed by atoms with Crippen LogP contribution in [0.3, 0.4) is 0 Å². The molecule has 1 fully saturated rings. The zero-order chi connectivity index (χ0) is 15.9. The average molecular weight is 308 g/mol. The molecular formula is C16H16N6O. The zero-order valence-electron chi connectivity index (χ0n) is 12.7. The van der Waals surface area contributed by atoms with Crippen LogP contribution in [0.4, 0.5) is 5.82 Å². The lowest BCUT2D eigenvalue weighted by Crippen LogP contribution is -2.60. The van der Waals surface area contributed by atoms with E-state index in [0.29, 0.717) is 18.8 Å². The highest BCUT2D eigenvalue weighted by molar-refractivity contribution is 5.75. The van der Waals surface area contributed by atoms with Crippen molar-refractivity contribution in [3.8, 4) is 11.1 Å². The van der Waals surface area contributed by atoms with Gasteiger partial charge in [-0.25, -0.2) is 14.6 Å². The second-order valence-electron chi connectivity index (χ2n) is 5.76. The summed E-state index contributed by atoms with van der Waals surface area (Å²) in [6, 6.07) is 10.0. The van der Waals surface area contributed by atoms with Crippen molar-refractivity contribution in [2.75, 3.05) is 18.0 Å². The second kappa shape index (κ2) is 5.13. The molecule has 0 radical (unpaired) electrons. The molecule has 1 aromatic carbocycles. The van der Waals surface area contributed by atoms with Gasteiger partial charge in [-0.05, 0) is 5.56 Å². The predicted molar refractivity (Wildman–Crippen MR) is 84.6 cm³/mol. The highest BCUT2D eigenvalue weighted by Crippen LogP contribution is 2.37. The first-order valence-electron chi connectivity index (χ1n) is 7.35. The number of rotatable bonds is 3. The van der Waals surface area contributed by atoms with Gasteiger partial charge >= 0.3 is 0 Å². The highest BCUT2D eigenvalue weighted by atomic mass is 16.3. The summed E-state index contributed by atoms with van der Waals surface area (Å²) in [6.45, 7) is 0.899. The van der Waals surface area contributed by atoms with Crippen LogP contribution in [0.25, 0.3) is 11.1 Å². The van der Waals surface area contributed by atoms with Gasteiger partial charge in [-0.1, -0.05) is 35.5 Å². The van der Waals surface area contributed by atoms with Crippen LogP contribution in [0, 0.1) is 0 Å². The Labute approximate surface area is 133 Å². The smallest absolute Gasteiger partial charge is 0.142 e. The number of hydrogen-bond acceptors (Lipinski definition) is 6. The van der Waals surface area contributed by atoms with Crippen molar-refractivity contribution in [3.63, 3.8) is 0 Å². The highest BCUT2D eigenvalue weighted by Gasteiger charge is 2.46. The molecule has 0 saturated carbocycles. The Kier molecular flexibility index (Phi) is 3.09. The van der Waals surface area contributed by atoms with E-state index in [9.17, 15) is 5.11 Å². The molecule has 0 aliphatic carbocycles. The number of anilines is 1. The van der Waals surface area contributed by atoms with E-state index in [0.717, 1.165) is 16.9 Å². The van der Waals surface area contributed by atoms with Gasteiger partial charge in [0, 0.05) is 18.8 Å². The van der Waals surface area contributed by atoms with Crippen molar-refractivity contribution in [1.82, 2.24) is 25.0 Å². The van der Waals surface area contributed by atoms with Crippen LogP contribution in [0.5, 0.6) is 0 Å². The summed E-state index contributed by atoms with van der Waals surface area (Å²) >= 11 is 0. The van der Waals surface area contributed by atoms with E-state index in [1.54, 1.807) is 24.1 Å². The van der Waals surface area contributed by atoms with Crippen molar-refractivity contribution in [1.29, 1.82) is 0 Å². The predicted octanol–water partition coefficient (Wildman–Crippen LogP) is 0.980. The van der Waals surface area contributed by atoms with Crippen LogP contribution in [-0.4, -0.2) is 43.2 Å². The Bertz CT molecular complexity index is 825. The van der Waals surface area contributed by atoms with E-state index in [-0.39, 0.29) is 0 Å². The van der Waals surface area contributed by atoms with E-state index < -0.39 is 5.60 Å². The molecule has 2 aromatic heterocycles. The minimum atomic E-state index is -0.947. The molecule has 1 saturated heterocycles. The van der Waals surface area contributed by atoms with E-state index >= 15 is 0 Å². The van der Waals surface area contributed by atoms with Crippen molar-refractivity contribution in [3.05, 3.63) is 54.7 Å². The Morgan fingerprint density at radius 1 is 1.13 bits per heavy atom. The van der Waals surface area contributed by atoms with Gasteiger partial charge in [0.15, 0.2) is 0 Å². The third kappa shape index (κ3) is 2.25. The quantitative estimate of drug-likeness (QED) is 0.777. The lowest BCUT2D eigenvalue weighted by Gasteiger charge is -2.47. The number of aromatic nitrogens is 5. The molecule has 7 heteroatoms. The molecule has 0 bridgehead atoms. The van der Waals surface area contributed by atoms with Crippen LogP contribution in [-0.2, 0) is 12.6 Å². The van der Waals surface area contributed by atoms with Crippen molar-refractivity contribution in [2.24, 2.45) is 7.05 Å². The van der Waals surface area contributed by atoms with Crippen LogP contribution < -0.4 is 4.90 Å². The molecule has 0 spiro atoms. The standard InChI is InChI=1S/C16H16N6O/c1-21-14(8-19-20-21)16(23)9-22(10-16)15-13(7-17-11-18-15)12-5-3-2-4-6-12/h2-8,11,23H,9-10H2,1H3. The minimum absolute atomic E-state index is 0.449. The fourth-order valence-corrected chi connectivity index (χ4v) is 3.00. The van der Waals surface area contributed by atoms with Gasteiger partial charge in [0.25, 0.3) is 0 Å². The molecule has 1 aliphatic heterocycles. The average Bonchev–Trinajstić information content (AvgIpc) is 2.99. The van der Waals surface area contributed by atoms with Crippen molar-refractivity contribution < 1.29 is 5.11 Å². The van der Waals surface area contributed by atoms with Crippen LogP contribution in [0.15, 0.2) is 49.1 Å². The number of hydrogen-bond donors (Lipinski definition) is 1. The molecule has 23 heavy (non-hydrogen) atoms. The molecule has 1 N–H and O–H groups in total. The monoisotopic (exact) mass is 308 g/mol. The lowest BCUT2D eigenvalue weighted by atomic mass is 9.90. The van der Waals surface area contributed by atoms with Crippen LogP contribution in [0.1, 0.15) is 5.69 Å². The zero-order valence-corrected chi connectivity index (χ0v) is 12.7. The fraction of sp³-hybridized carbons (Fsp3) is 0.250. The van der Waals surface area contributed by atoms with Gasteiger partial charge in [-0.2, -0.15) is 0 Å². The summed E-state index contributed by atoms with van der Waals surface area (Å²) in [6.07, 6.45) is 4.95. The molecule has 3 aromatic rings. The van der Waals surface area contributed by atoms with E-state index in [4.69, 9.17) is 0 Å². The Balaban J connectivity index is 1.64. The third-order valence-electron chi connectivity index (χ3n) is 4.17. The second-order valence-corrected chi connectivity index (χ2v) is 5.76. The van der Waals surface area contributed by atoms with Gasteiger partial charge in [0.05, 0.1) is 25.0 Å². The fourth-order valence-electron chi connectivity index (χ4n) is 3.00. The minimum Gasteiger partial charge on any atom is -0.380 e. The Morgan fingerprint density at radius 3 is 2.61 bits per heavy atom. The number of nitrogens with zero attached hydrogens (tertiary/aromatic N) is 6. The van der Waals surface area contributed by atoms with Gasteiger partial charge in [-0.15, -0.1) is 5.10 Å². The summed E-state index contributed by atoms with van der Waals surface area (Å²) in [4.78, 5) is 10.6. The number of aliphatic hydroxyl groups is 1. The van der Waals surface area contributed by atoms with E-state index in [1.165, 1.54) is 6.33 Å². The maximum atomic E-state index is 10.8. The third-order valence-corrected chi connectivity index (χ3v) is 4.17. The Hall–Kier alpha value is -2.80. The number of β-amino-alcohol motifs (C(OH)–C–C–N with tert-alkyl or cyclic N) is 1. The van der Waals surface area contributed by atoms with Gasteiger partial charge < -0.3 is 10.0 Å². The summed E-state index contributed by atoms with van der Waals surface area (Å²) in [7, 11) is 1.78. The van der Waals surface area contributed by atoms with Gasteiger partial charge in [0.2, 0.25) is 0 Å². The maximum Gasteiger partial charge on any atom is 0.142 e. The molecule has 0 atom stereocenters. The van der Waals surface area contributed by atoms with Crippen molar-refractivity contribution >= 4 is 5.82 Å². The molecular weight excluding hydrogens is 292 g/mol. The molecule has 4 rings (SSSR count). The molecule has 0 amide bonds. The first kappa shape index (κ1) is 13.8. The van der Waals surface area contributed by atoms with E-state index in [2.05, 4.69) is 20.3 Å². The Morgan fingerprint density at radius 2 is 1.91 bits per heavy atom. The maximum absolute atomic E-state index is 10.8. The molecule has 116 valence electrons. The molecule has 7 nitrogen and oxygen atoms in total.